The van der Waals surface area contributed by atoms with E-state index in [1.165, 1.54) is 103 Å². The third-order valence-corrected chi connectivity index (χ3v) is 12.5. The molecule has 0 spiro atoms. The summed E-state index contributed by atoms with van der Waals surface area (Å²) < 4.78 is 2.69. The molecule has 51 heavy (non-hydrogen) atoms. The minimum atomic E-state index is 0.282. The van der Waals surface area contributed by atoms with Crippen molar-refractivity contribution in [3.8, 4) is 33.4 Å². The van der Waals surface area contributed by atoms with E-state index >= 15 is 0 Å². The second-order valence-corrected chi connectivity index (χ2v) is 15.0. The number of thiophene rings is 1. The Bertz CT molecular complexity index is 2990. The Hall–Kier alpha value is -6.02. The van der Waals surface area contributed by atoms with Crippen LogP contribution in [0.1, 0.15) is 22.6 Å². The average molecular weight is 665 g/mol. The number of benzene rings is 9. The van der Waals surface area contributed by atoms with E-state index in [-0.39, 0.29) is 5.92 Å². The van der Waals surface area contributed by atoms with Gasteiger partial charge in [0.1, 0.15) is 0 Å². The lowest BCUT2D eigenvalue weighted by atomic mass is 9.74. The summed E-state index contributed by atoms with van der Waals surface area (Å²) in [7, 11) is 0. The van der Waals surface area contributed by atoms with E-state index in [9.17, 15) is 0 Å². The van der Waals surface area contributed by atoms with Crippen molar-refractivity contribution in [2.45, 2.75) is 12.3 Å². The van der Waals surface area contributed by atoms with Gasteiger partial charge in [-0.05, 0) is 108 Å². The van der Waals surface area contributed by atoms with Crippen LogP contribution >= 0.6 is 11.3 Å². The Morgan fingerprint density at radius 3 is 2.00 bits per heavy atom. The lowest BCUT2D eigenvalue weighted by Crippen LogP contribution is -2.13. The van der Waals surface area contributed by atoms with Gasteiger partial charge in [0.05, 0.1) is 0 Å². The quantitative estimate of drug-likeness (QED) is 0.165. The Morgan fingerprint density at radius 1 is 0.392 bits per heavy atom. The zero-order chi connectivity index (χ0) is 33.5. The molecule has 1 heterocycles. The molecule has 1 aromatic heterocycles. The zero-order valence-electron chi connectivity index (χ0n) is 27.9. The molecule has 1 aliphatic rings. The van der Waals surface area contributed by atoms with Gasteiger partial charge in [0.2, 0.25) is 0 Å². The van der Waals surface area contributed by atoms with Crippen LogP contribution in [0.2, 0.25) is 0 Å². The first kappa shape index (κ1) is 28.8. The lowest BCUT2D eigenvalue weighted by molar-refractivity contribution is 0.800. The van der Waals surface area contributed by atoms with E-state index in [4.69, 9.17) is 0 Å². The van der Waals surface area contributed by atoms with Crippen LogP contribution in [-0.2, 0) is 6.42 Å². The van der Waals surface area contributed by atoms with Gasteiger partial charge in [0, 0.05) is 31.5 Å². The third-order valence-electron chi connectivity index (χ3n) is 11.2. The van der Waals surface area contributed by atoms with Gasteiger partial charge < -0.3 is 0 Å². The van der Waals surface area contributed by atoms with Gasteiger partial charge >= 0.3 is 0 Å². The van der Waals surface area contributed by atoms with Crippen LogP contribution in [0.4, 0.5) is 0 Å². The standard InChI is InChI=1S/C50H32S/c1-2-13-32(14-3-1)42-29-47-49(41-22-9-8-20-38(41)42)43(30-46-40-21-10-11-24-48(40)51-50(46)47)34-25-26-39-44(28-34)36-19-7-5-16-33(36)27-45(39)37-23-12-17-31-15-4-6-18-35(31)37/h1-26,28-30,45H,27H2. The van der Waals surface area contributed by atoms with Gasteiger partial charge in [-0.15, -0.1) is 11.3 Å². The molecule has 0 nitrogen and oxygen atoms in total. The van der Waals surface area contributed by atoms with Crippen LogP contribution < -0.4 is 0 Å². The Morgan fingerprint density at radius 2 is 1.10 bits per heavy atom. The van der Waals surface area contributed by atoms with Crippen molar-refractivity contribution in [2.75, 3.05) is 0 Å². The van der Waals surface area contributed by atoms with E-state index in [1.54, 1.807) is 0 Å². The summed E-state index contributed by atoms with van der Waals surface area (Å²) in [6.07, 6.45) is 0.999. The summed E-state index contributed by atoms with van der Waals surface area (Å²) in [5, 5.41) is 10.6. The molecule has 0 saturated carbocycles. The first-order valence-electron chi connectivity index (χ1n) is 17.9. The molecule has 1 aliphatic carbocycles. The van der Waals surface area contributed by atoms with Crippen molar-refractivity contribution in [3.63, 3.8) is 0 Å². The maximum absolute atomic E-state index is 2.50. The van der Waals surface area contributed by atoms with E-state index in [0.29, 0.717) is 0 Å². The van der Waals surface area contributed by atoms with Crippen LogP contribution in [0.5, 0.6) is 0 Å². The van der Waals surface area contributed by atoms with E-state index in [2.05, 4.69) is 176 Å². The van der Waals surface area contributed by atoms with Crippen LogP contribution in [0, 0.1) is 0 Å². The Labute approximate surface area is 300 Å². The molecular weight excluding hydrogens is 633 g/mol. The monoisotopic (exact) mass is 664 g/mol. The normalized spacial score (nSPS) is 14.0. The summed E-state index contributed by atoms with van der Waals surface area (Å²) in [4.78, 5) is 0. The third kappa shape index (κ3) is 4.38. The highest BCUT2D eigenvalue weighted by Crippen LogP contribution is 2.50. The molecule has 0 fully saturated rings. The molecular formula is C50H32S. The van der Waals surface area contributed by atoms with E-state index in [1.807, 2.05) is 11.3 Å². The summed E-state index contributed by atoms with van der Waals surface area (Å²) in [5.41, 5.74) is 12.0. The molecule has 0 aliphatic heterocycles. The molecule has 0 N–H and O–H groups in total. The molecule has 0 saturated heterocycles. The molecule has 0 bridgehead atoms. The number of rotatable bonds is 3. The van der Waals surface area contributed by atoms with Crippen molar-refractivity contribution >= 4 is 63.8 Å². The number of fused-ring (bicyclic) bond motifs is 11. The highest BCUT2D eigenvalue weighted by Gasteiger charge is 2.28. The number of hydrogen-bond acceptors (Lipinski definition) is 1. The lowest BCUT2D eigenvalue weighted by Gasteiger charge is -2.30. The van der Waals surface area contributed by atoms with Gasteiger partial charge in [0.25, 0.3) is 0 Å². The minimum Gasteiger partial charge on any atom is -0.135 e. The molecule has 1 unspecified atom stereocenters. The van der Waals surface area contributed by atoms with Crippen molar-refractivity contribution in [3.05, 3.63) is 193 Å². The van der Waals surface area contributed by atoms with Crippen LogP contribution in [-0.4, -0.2) is 0 Å². The topological polar surface area (TPSA) is 0 Å². The van der Waals surface area contributed by atoms with Gasteiger partial charge in [-0.25, -0.2) is 0 Å². The predicted molar refractivity (Wildman–Crippen MR) is 220 cm³/mol. The molecule has 1 heteroatoms. The second kappa shape index (κ2) is 11.3. The van der Waals surface area contributed by atoms with Gasteiger partial charge in [-0.3, -0.25) is 0 Å². The van der Waals surface area contributed by atoms with Crippen molar-refractivity contribution in [2.24, 2.45) is 0 Å². The highest BCUT2D eigenvalue weighted by atomic mass is 32.1. The minimum absolute atomic E-state index is 0.282. The zero-order valence-corrected chi connectivity index (χ0v) is 28.8. The molecule has 1 atom stereocenters. The maximum Gasteiger partial charge on any atom is 0.0434 e. The van der Waals surface area contributed by atoms with E-state index in [0.717, 1.165) is 6.42 Å². The van der Waals surface area contributed by atoms with E-state index < -0.39 is 0 Å². The summed E-state index contributed by atoms with van der Waals surface area (Å²) in [6.45, 7) is 0. The Kier molecular flexibility index (Phi) is 6.35. The first-order valence-corrected chi connectivity index (χ1v) is 18.7. The fourth-order valence-corrected chi connectivity index (χ4v) is 10.1. The largest absolute Gasteiger partial charge is 0.135 e. The second-order valence-electron chi connectivity index (χ2n) is 13.9. The van der Waals surface area contributed by atoms with Gasteiger partial charge in [-0.1, -0.05) is 152 Å². The summed E-state index contributed by atoms with van der Waals surface area (Å²) in [6, 6.07) is 65.8. The highest BCUT2D eigenvalue weighted by molar-refractivity contribution is 7.26. The van der Waals surface area contributed by atoms with Crippen LogP contribution in [0.3, 0.4) is 0 Å². The summed E-state index contributed by atoms with van der Waals surface area (Å²) >= 11 is 1.92. The summed E-state index contributed by atoms with van der Waals surface area (Å²) in [5.74, 6) is 0.282. The molecule has 9 aromatic carbocycles. The smallest absolute Gasteiger partial charge is 0.0434 e. The molecule has 0 amide bonds. The predicted octanol–water partition coefficient (Wildman–Crippen LogP) is 14.2. The fourth-order valence-electron chi connectivity index (χ4n) is 8.94. The Balaban J connectivity index is 1.23. The average Bonchev–Trinajstić information content (AvgIpc) is 3.58. The molecule has 11 rings (SSSR count). The molecule has 0 radical (unpaired) electrons. The SMILES string of the molecule is c1ccc(-c2cc3c4sc5ccccc5c4cc(-c4ccc5c(c4)-c4ccccc4CC5c4cccc5ccccc45)c3c3ccccc23)cc1. The fraction of sp³-hybridized carbons (Fsp3) is 0.0400. The van der Waals surface area contributed by atoms with Crippen molar-refractivity contribution in [1.82, 2.24) is 0 Å². The van der Waals surface area contributed by atoms with Crippen LogP contribution in [0.25, 0.3) is 85.9 Å². The van der Waals surface area contributed by atoms with Gasteiger partial charge in [0.15, 0.2) is 0 Å². The maximum atomic E-state index is 2.50. The van der Waals surface area contributed by atoms with Crippen molar-refractivity contribution < 1.29 is 0 Å². The van der Waals surface area contributed by atoms with Crippen LogP contribution in [0.15, 0.2) is 176 Å². The molecule has 238 valence electrons. The first-order chi connectivity index (χ1) is 25.3. The van der Waals surface area contributed by atoms with Gasteiger partial charge in [-0.2, -0.15) is 0 Å². The number of hydrogen-bond donors (Lipinski definition) is 0. The molecule has 10 aromatic rings. The van der Waals surface area contributed by atoms with Crippen molar-refractivity contribution in [1.29, 1.82) is 0 Å².